The van der Waals surface area contributed by atoms with E-state index >= 15 is 0 Å². The van der Waals surface area contributed by atoms with Crippen LogP contribution in [0, 0.1) is 0 Å². The van der Waals surface area contributed by atoms with Crippen LogP contribution in [0.3, 0.4) is 0 Å². The Morgan fingerprint density at radius 2 is 1.82 bits per heavy atom. The molecule has 1 amide bonds. The number of carbonyl (C=O) groups is 1. The molecule has 116 valence electrons. The van der Waals surface area contributed by atoms with Gasteiger partial charge < -0.3 is 15.5 Å². The normalized spacial score (nSPS) is 10.4. The second kappa shape index (κ2) is 6.93. The van der Waals surface area contributed by atoms with Gasteiger partial charge in [-0.25, -0.2) is 4.98 Å². The zero-order chi connectivity index (χ0) is 16.1. The Morgan fingerprint density at radius 3 is 2.41 bits per heavy atom. The second-order valence-electron chi connectivity index (χ2n) is 5.59. The number of anilines is 3. The number of hydrogen-bond acceptors (Lipinski definition) is 4. The summed E-state index contributed by atoms with van der Waals surface area (Å²) in [6.45, 7) is 4.02. The molecule has 0 radical (unpaired) electrons. The number of hydrogen-bond donors (Lipinski definition) is 2. The first-order chi connectivity index (χ1) is 10.5. The largest absolute Gasteiger partial charge is 0.378 e. The molecule has 0 saturated carbocycles. The molecule has 0 aliphatic carbocycles. The predicted molar refractivity (Wildman–Crippen MR) is 91.7 cm³/mol. The van der Waals surface area contributed by atoms with Gasteiger partial charge in [0.15, 0.2) is 0 Å². The van der Waals surface area contributed by atoms with Crippen LogP contribution in [0.5, 0.6) is 0 Å². The number of rotatable bonds is 5. The summed E-state index contributed by atoms with van der Waals surface area (Å²) in [6, 6.07) is 11.4. The van der Waals surface area contributed by atoms with E-state index in [4.69, 9.17) is 0 Å². The maximum atomic E-state index is 12.4. The van der Waals surface area contributed by atoms with E-state index in [-0.39, 0.29) is 11.9 Å². The van der Waals surface area contributed by atoms with Gasteiger partial charge in [0, 0.05) is 37.7 Å². The smallest absolute Gasteiger partial charge is 0.259 e. The summed E-state index contributed by atoms with van der Waals surface area (Å²) in [5.41, 5.74) is 2.38. The van der Waals surface area contributed by atoms with Crippen molar-refractivity contribution < 1.29 is 4.79 Å². The number of nitrogens with one attached hydrogen (secondary N) is 2. The third kappa shape index (κ3) is 3.97. The lowest BCUT2D eigenvalue weighted by molar-refractivity contribution is 0.102. The third-order valence-electron chi connectivity index (χ3n) is 3.12. The van der Waals surface area contributed by atoms with Gasteiger partial charge in [0.2, 0.25) is 0 Å². The molecular formula is C17H22N4O. The molecule has 0 bridgehead atoms. The molecule has 1 heterocycles. The summed E-state index contributed by atoms with van der Waals surface area (Å²) < 4.78 is 0. The molecule has 5 heteroatoms. The van der Waals surface area contributed by atoms with Crippen LogP contribution in [0.4, 0.5) is 17.2 Å². The Kier molecular flexibility index (Phi) is 4.99. The molecule has 0 aliphatic rings. The molecule has 0 spiro atoms. The fourth-order valence-electron chi connectivity index (χ4n) is 2.02. The highest BCUT2D eigenvalue weighted by molar-refractivity contribution is 6.07. The van der Waals surface area contributed by atoms with E-state index in [1.165, 1.54) is 0 Å². The van der Waals surface area contributed by atoms with E-state index in [1.807, 2.05) is 57.1 Å². The van der Waals surface area contributed by atoms with Gasteiger partial charge in [-0.2, -0.15) is 0 Å². The van der Waals surface area contributed by atoms with E-state index < -0.39 is 0 Å². The maximum absolute atomic E-state index is 12.4. The van der Waals surface area contributed by atoms with Crippen molar-refractivity contribution in [3.05, 3.63) is 48.2 Å². The molecule has 2 N–H and O–H groups in total. The highest BCUT2D eigenvalue weighted by Gasteiger charge is 2.13. The summed E-state index contributed by atoms with van der Waals surface area (Å²) in [7, 11) is 3.96. The number of pyridine rings is 1. The summed E-state index contributed by atoms with van der Waals surface area (Å²) in [5, 5.41) is 6.09. The van der Waals surface area contributed by atoms with Gasteiger partial charge in [-0.05, 0) is 50.2 Å². The van der Waals surface area contributed by atoms with Gasteiger partial charge >= 0.3 is 0 Å². The molecule has 2 aromatic rings. The van der Waals surface area contributed by atoms with Crippen molar-refractivity contribution in [1.29, 1.82) is 0 Å². The first kappa shape index (κ1) is 15.8. The topological polar surface area (TPSA) is 57.3 Å². The molecule has 0 saturated heterocycles. The lowest BCUT2D eigenvalue weighted by atomic mass is 10.2. The lowest BCUT2D eigenvalue weighted by Crippen LogP contribution is -2.18. The summed E-state index contributed by atoms with van der Waals surface area (Å²) in [6.07, 6.45) is 1.67. The Hall–Kier alpha value is -2.56. The molecule has 0 unspecified atom stereocenters. The highest BCUT2D eigenvalue weighted by Crippen LogP contribution is 2.18. The minimum absolute atomic E-state index is 0.172. The Bertz CT molecular complexity index is 635. The van der Waals surface area contributed by atoms with Crippen molar-refractivity contribution in [2.24, 2.45) is 0 Å². The number of amides is 1. The molecule has 2 rings (SSSR count). The SMILES string of the molecule is CC(C)Nc1ncccc1C(=O)Nc1ccc(N(C)C)cc1. The molecule has 0 aliphatic heterocycles. The fourth-order valence-corrected chi connectivity index (χ4v) is 2.02. The van der Waals surface area contributed by atoms with Gasteiger partial charge in [-0.3, -0.25) is 4.79 Å². The van der Waals surface area contributed by atoms with Crippen LogP contribution in [-0.4, -0.2) is 31.0 Å². The molecule has 5 nitrogen and oxygen atoms in total. The number of aromatic nitrogens is 1. The molecule has 1 aromatic carbocycles. The van der Waals surface area contributed by atoms with Crippen molar-refractivity contribution in [2.75, 3.05) is 29.6 Å². The van der Waals surface area contributed by atoms with Gasteiger partial charge in [-0.1, -0.05) is 0 Å². The van der Waals surface area contributed by atoms with Crippen molar-refractivity contribution in [1.82, 2.24) is 4.98 Å². The van der Waals surface area contributed by atoms with Gasteiger partial charge in [0.05, 0.1) is 5.56 Å². The van der Waals surface area contributed by atoms with Crippen LogP contribution in [0.25, 0.3) is 0 Å². The van der Waals surface area contributed by atoms with Crippen LogP contribution in [0.2, 0.25) is 0 Å². The molecule has 0 atom stereocenters. The number of nitrogens with zero attached hydrogens (tertiary/aromatic N) is 2. The first-order valence-electron chi connectivity index (χ1n) is 7.27. The summed E-state index contributed by atoms with van der Waals surface area (Å²) in [4.78, 5) is 18.7. The average Bonchev–Trinajstić information content (AvgIpc) is 2.47. The monoisotopic (exact) mass is 298 g/mol. The fraction of sp³-hybridized carbons (Fsp3) is 0.294. The van der Waals surface area contributed by atoms with Crippen molar-refractivity contribution in [2.45, 2.75) is 19.9 Å². The van der Waals surface area contributed by atoms with E-state index in [1.54, 1.807) is 18.3 Å². The van der Waals surface area contributed by atoms with E-state index in [0.29, 0.717) is 11.4 Å². The minimum atomic E-state index is -0.172. The van der Waals surface area contributed by atoms with Crippen LogP contribution >= 0.6 is 0 Å². The zero-order valence-electron chi connectivity index (χ0n) is 13.4. The Labute approximate surface area is 131 Å². The number of benzene rings is 1. The lowest BCUT2D eigenvalue weighted by Gasteiger charge is -2.15. The van der Waals surface area contributed by atoms with Crippen LogP contribution in [-0.2, 0) is 0 Å². The Balaban J connectivity index is 2.15. The second-order valence-corrected chi connectivity index (χ2v) is 5.59. The first-order valence-corrected chi connectivity index (χ1v) is 7.27. The number of carbonyl (C=O) groups excluding carboxylic acids is 1. The van der Waals surface area contributed by atoms with Crippen molar-refractivity contribution in [3.63, 3.8) is 0 Å². The van der Waals surface area contributed by atoms with Crippen LogP contribution < -0.4 is 15.5 Å². The van der Waals surface area contributed by atoms with E-state index in [2.05, 4.69) is 15.6 Å². The van der Waals surface area contributed by atoms with Gasteiger partial charge in [0.25, 0.3) is 5.91 Å². The quantitative estimate of drug-likeness (QED) is 0.890. The third-order valence-corrected chi connectivity index (χ3v) is 3.12. The molecule has 22 heavy (non-hydrogen) atoms. The molecule has 1 aromatic heterocycles. The summed E-state index contributed by atoms with van der Waals surface area (Å²) in [5.74, 6) is 0.425. The van der Waals surface area contributed by atoms with E-state index in [0.717, 1.165) is 11.4 Å². The Morgan fingerprint density at radius 1 is 1.14 bits per heavy atom. The van der Waals surface area contributed by atoms with Crippen molar-refractivity contribution >= 4 is 23.1 Å². The van der Waals surface area contributed by atoms with E-state index in [9.17, 15) is 4.79 Å². The summed E-state index contributed by atoms with van der Waals surface area (Å²) >= 11 is 0. The van der Waals surface area contributed by atoms with Crippen LogP contribution in [0.15, 0.2) is 42.6 Å². The van der Waals surface area contributed by atoms with Gasteiger partial charge in [0.1, 0.15) is 5.82 Å². The molecule has 0 fully saturated rings. The highest BCUT2D eigenvalue weighted by atomic mass is 16.1. The molecular weight excluding hydrogens is 276 g/mol. The zero-order valence-corrected chi connectivity index (χ0v) is 13.4. The van der Waals surface area contributed by atoms with Gasteiger partial charge in [-0.15, -0.1) is 0 Å². The van der Waals surface area contributed by atoms with Crippen molar-refractivity contribution in [3.8, 4) is 0 Å². The minimum Gasteiger partial charge on any atom is -0.378 e. The predicted octanol–water partition coefficient (Wildman–Crippen LogP) is 3.22. The average molecular weight is 298 g/mol. The standard InChI is InChI=1S/C17H22N4O/c1-12(2)19-16-15(6-5-11-18-16)17(22)20-13-7-9-14(10-8-13)21(3)4/h5-12H,1-4H3,(H,18,19)(H,20,22). The van der Waals surface area contributed by atoms with Crippen LogP contribution in [0.1, 0.15) is 24.2 Å². The maximum Gasteiger partial charge on any atom is 0.259 e.